The van der Waals surface area contributed by atoms with Gasteiger partial charge < -0.3 is 5.73 Å². The largest absolute Gasteiger partial charge is 0.330 e. The molecule has 0 bridgehead atoms. The molecular weight excluding hydrogens is 134 g/mol. The fourth-order valence-corrected chi connectivity index (χ4v) is 2.08. The van der Waals surface area contributed by atoms with Crippen LogP contribution < -0.4 is 5.73 Å². The summed E-state index contributed by atoms with van der Waals surface area (Å²) in [6, 6.07) is 0. The average Bonchev–Trinajstić information content (AvgIpc) is 2.07. The predicted octanol–water partition coefficient (Wildman–Crippen LogP) is 2.55. The van der Waals surface area contributed by atoms with Crippen molar-refractivity contribution in [2.75, 3.05) is 6.54 Å². The molecule has 1 rings (SSSR count). The summed E-state index contributed by atoms with van der Waals surface area (Å²) in [6.45, 7) is 5.54. The summed E-state index contributed by atoms with van der Waals surface area (Å²) in [4.78, 5) is 0. The molecule has 1 fully saturated rings. The SMILES string of the molecule is CCC1(CN)CCC(C)CC1. The summed E-state index contributed by atoms with van der Waals surface area (Å²) in [5, 5.41) is 0. The Kier molecular flexibility index (Phi) is 2.94. The Balaban J connectivity index is 2.45. The summed E-state index contributed by atoms with van der Waals surface area (Å²) >= 11 is 0. The van der Waals surface area contributed by atoms with Crippen LogP contribution in [0.25, 0.3) is 0 Å². The van der Waals surface area contributed by atoms with Gasteiger partial charge in [0.15, 0.2) is 0 Å². The lowest BCUT2D eigenvalue weighted by Gasteiger charge is -2.37. The van der Waals surface area contributed by atoms with Crippen molar-refractivity contribution in [1.29, 1.82) is 0 Å². The monoisotopic (exact) mass is 155 g/mol. The summed E-state index contributed by atoms with van der Waals surface area (Å²) in [6.07, 6.45) is 6.79. The highest BCUT2D eigenvalue weighted by Crippen LogP contribution is 2.40. The highest BCUT2D eigenvalue weighted by molar-refractivity contribution is 4.84. The van der Waals surface area contributed by atoms with E-state index in [1.54, 1.807) is 0 Å². The van der Waals surface area contributed by atoms with E-state index in [1.807, 2.05) is 0 Å². The zero-order chi connectivity index (χ0) is 8.32. The van der Waals surface area contributed by atoms with Gasteiger partial charge in [-0.3, -0.25) is 0 Å². The standard InChI is InChI=1S/C10H21N/c1-3-10(8-11)6-4-9(2)5-7-10/h9H,3-8,11H2,1-2H3. The van der Waals surface area contributed by atoms with Crippen molar-refractivity contribution < 1.29 is 0 Å². The van der Waals surface area contributed by atoms with E-state index < -0.39 is 0 Å². The smallest absolute Gasteiger partial charge is 0.00206 e. The van der Waals surface area contributed by atoms with Gasteiger partial charge in [-0.2, -0.15) is 0 Å². The molecule has 0 aromatic carbocycles. The second-order valence-electron chi connectivity index (χ2n) is 4.24. The number of rotatable bonds is 2. The summed E-state index contributed by atoms with van der Waals surface area (Å²) in [5.74, 6) is 0.946. The van der Waals surface area contributed by atoms with Crippen molar-refractivity contribution in [2.24, 2.45) is 17.1 Å². The molecular formula is C10H21N. The Morgan fingerprint density at radius 1 is 1.36 bits per heavy atom. The fourth-order valence-electron chi connectivity index (χ4n) is 2.08. The minimum Gasteiger partial charge on any atom is -0.330 e. The maximum Gasteiger partial charge on any atom is -0.00206 e. The molecule has 1 saturated carbocycles. The van der Waals surface area contributed by atoms with Crippen LogP contribution in [0.2, 0.25) is 0 Å². The molecule has 0 aromatic heterocycles. The summed E-state index contributed by atoms with van der Waals surface area (Å²) in [7, 11) is 0. The maximum absolute atomic E-state index is 5.79. The molecule has 1 aliphatic carbocycles. The van der Waals surface area contributed by atoms with Gasteiger partial charge in [-0.25, -0.2) is 0 Å². The molecule has 0 aromatic rings. The first-order chi connectivity index (χ1) is 5.22. The minimum atomic E-state index is 0.520. The second-order valence-corrected chi connectivity index (χ2v) is 4.24. The second kappa shape index (κ2) is 3.57. The van der Waals surface area contributed by atoms with Crippen molar-refractivity contribution in [3.63, 3.8) is 0 Å². The average molecular weight is 155 g/mol. The molecule has 1 aliphatic rings. The van der Waals surface area contributed by atoms with E-state index in [2.05, 4.69) is 13.8 Å². The van der Waals surface area contributed by atoms with Crippen LogP contribution in [-0.4, -0.2) is 6.54 Å². The van der Waals surface area contributed by atoms with Gasteiger partial charge in [-0.1, -0.05) is 26.7 Å². The van der Waals surface area contributed by atoms with Crippen molar-refractivity contribution in [3.05, 3.63) is 0 Å². The molecule has 0 saturated heterocycles. The first kappa shape index (κ1) is 9.05. The van der Waals surface area contributed by atoms with Gasteiger partial charge in [-0.05, 0) is 37.1 Å². The van der Waals surface area contributed by atoms with Gasteiger partial charge in [0, 0.05) is 0 Å². The number of hydrogen-bond donors (Lipinski definition) is 1. The molecule has 0 unspecified atom stereocenters. The van der Waals surface area contributed by atoms with Crippen molar-refractivity contribution in [1.82, 2.24) is 0 Å². The molecule has 0 atom stereocenters. The van der Waals surface area contributed by atoms with Crippen LogP contribution in [0.3, 0.4) is 0 Å². The van der Waals surface area contributed by atoms with Crippen LogP contribution in [0.4, 0.5) is 0 Å². The van der Waals surface area contributed by atoms with Crippen molar-refractivity contribution in [3.8, 4) is 0 Å². The third kappa shape index (κ3) is 1.96. The zero-order valence-corrected chi connectivity index (χ0v) is 7.90. The normalized spacial score (nSPS) is 39.0. The Hall–Kier alpha value is -0.0400. The predicted molar refractivity (Wildman–Crippen MR) is 49.4 cm³/mol. The van der Waals surface area contributed by atoms with E-state index >= 15 is 0 Å². The molecule has 11 heavy (non-hydrogen) atoms. The first-order valence-corrected chi connectivity index (χ1v) is 4.92. The molecule has 0 spiro atoms. The van der Waals surface area contributed by atoms with E-state index in [0.717, 1.165) is 12.5 Å². The lowest BCUT2D eigenvalue weighted by Crippen LogP contribution is -2.33. The van der Waals surface area contributed by atoms with E-state index in [4.69, 9.17) is 5.73 Å². The lowest BCUT2D eigenvalue weighted by molar-refractivity contribution is 0.158. The van der Waals surface area contributed by atoms with E-state index in [-0.39, 0.29) is 0 Å². The van der Waals surface area contributed by atoms with E-state index in [1.165, 1.54) is 32.1 Å². The van der Waals surface area contributed by atoms with Gasteiger partial charge in [0.1, 0.15) is 0 Å². The van der Waals surface area contributed by atoms with E-state index in [9.17, 15) is 0 Å². The molecule has 66 valence electrons. The molecule has 0 amide bonds. The fraction of sp³-hybridized carbons (Fsp3) is 1.00. The number of hydrogen-bond acceptors (Lipinski definition) is 1. The molecule has 0 radical (unpaired) electrons. The van der Waals surface area contributed by atoms with Gasteiger partial charge in [0.25, 0.3) is 0 Å². The third-order valence-corrected chi connectivity index (χ3v) is 3.52. The van der Waals surface area contributed by atoms with Gasteiger partial charge in [0.2, 0.25) is 0 Å². The van der Waals surface area contributed by atoms with Crippen LogP contribution in [0.5, 0.6) is 0 Å². The highest BCUT2D eigenvalue weighted by Gasteiger charge is 2.30. The first-order valence-electron chi connectivity index (χ1n) is 4.92. The van der Waals surface area contributed by atoms with Crippen molar-refractivity contribution >= 4 is 0 Å². The summed E-state index contributed by atoms with van der Waals surface area (Å²) in [5.41, 5.74) is 6.31. The van der Waals surface area contributed by atoms with Gasteiger partial charge in [-0.15, -0.1) is 0 Å². The Bertz CT molecular complexity index is 106. The molecule has 0 aliphatic heterocycles. The molecule has 1 nitrogen and oxygen atoms in total. The molecule has 2 N–H and O–H groups in total. The summed E-state index contributed by atoms with van der Waals surface area (Å²) < 4.78 is 0. The minimum absolute atomic E-state index is 0.520. The highest BCUT2D eigenvalue weighted by atomic mass is 14.6. The number of nitrogens with two attached hydrogens (primary N) is 1. The topological polar surface area (TPSA) is 26.0 Å². The maximum atomic E-state index is 5.79. The van der Waals surface area contributed by atoms with E-state index in [0.29, 0.717) is 5.41 Å². The van der Waals surface area contributed by atoms with Crippen LogP contribution in [-0.2, 0) is 0 Å². The Morgan fingerprint density at radius 2 is 1.91 bits per heavy atom. The van der Waals surface area contributed by atoms with Crippen molar-refractivity contribution in [2.45, 2.75) is 46.0 Å². The Morgan fingerprint density at radius 3 is 2.27 bits per heavy atom. The molecule has 1 heteroatoms. The quantitative estimate of drug-likeness (QED) is 0.651. The molecule has 0 heterocycles. The zero-order valence-electron chi connectivity index (χ0n) is 7.90. The lowest BCUT2D eigenvalue weighted by atomic mass is 9.69. The van der Waals surface area contributed by atoms with Crippen LogP contribution in [0.15, 0.2) is 0 Å². The van der Waals surface area contributed by atoms with Gasteiger partial charge >= 0.3 is 0 Å². The van der Waals surface area contributed by atoms with Crippen LogP contribution in [0, 0.1) is 11.3 Å². The third-order valence-electron chi connectivity index (χ3n) is 3.52. The van der Waals surface area contributed by atoms with Crippen LogP contribution >= 0.6 is 0 Å². The Labute approximate surface area is 70.4 Å². The van der Waals surface area contributed by atoms with Gasteiger partial charge in [0.05, 0.1) is 0 Å². The van der Waals surface area contributed by atoms with Crippen LogP contribution in [0.1, 0.15) is 46.0 Å².